The van der Waals surface area contributed by atoms with E-state index >= 15 is 0 Å². The molecular weight excluding hydrogens is 963 g/mol. The van der Waals surface area contributed by atoms with Crippen molar-refractivity contribution < 1.29 is 72.6 Å². The minimum absolute atomic E-state index is 0.0389. The van der Waals surface area contributed by atoms with Gasteiger partial charge in [-0.25, -0.2) is 4.79 Å². The summed E-state index contributed by atoms with van der Waals surface area (Å²) in [5.74, 6) is -3.83. The third-order valence-corrected chi connectivity index (χ3v) is 11.9. The summed E-state index contributed by atoms with van der Waals surface area (Å²) in [6, 6.07) is 4.06. The standard InChI is InChI=1S/C52H89N7O15/c1-54-42(45(61)37-58-44(51(53)68)36-40-21-23-41(60)24-22-40)18-16-17-27-55-48(64)38-73-34-33-72-31-29-57-49(65)39-74-35-32-71-30-28-56-46(62)26-25-43(52(69)70)59-47(63)19-14-12-10-8-6-4-2-3-5-7-9-11-13-15-20-50(66)67/h21-24,42-44,54,58,60H,2-20,25-39H2,1H3,(H2,53,68)(H,55,64)(H,56,62)(H,57,65)(H,59,63)(H,66,67)(H,69,70)/t42-,43?,44+/m0/s1. The molecule has 11 N–H and O–H groups in total. The second-order valence-electron chi connectivity index (χ2n) is 18.2. The van der Waals surface area contributed by atoms with Gasteiger partial charge < -0.3 is 66.6 Å². The van der Waals surface area contributed by atoms with Crippen molar-refractivity contribution in [2.75, 3.05) is 86.1 Å². The second kappa shape index (κ2) is 45.2. The van der Waals surface area contributed by atoms with Crippen molar-refractivity contribution in [3.63, 3.8) is 0 Å². The van der Waals surface area contributed by atoms with Crippen molar-refractivity contribution in [1.82, 2.24) is 31.9 Å². The van der Waals surface area contributed by atoms with Gasteiger partial charge in [-0.05, 0) is 69.7 Å². The molecule has 0 aliphatic heterocycles. The number of likely N-dealkylation sites (N-methyl/N-ethyl adjacent to an activating group) is 1. The van der Waals surface area contributed by atoms with Crippen LogP contribution in [0.3, 0.4) is 0 Å². The maximum absolute atomic E-state index is 12.8. The molecule has 1 rings (SSSR count). The number of phenols is 1. The first-order chi connectivity index (χ1) is 35.7. The van der Waals surface area contributed by atoms with Gasteiger partial charge in [0.15, 0.2) is 5.78 Å². The van der Waals surface area contributed by atoms with Crippen LogP contribution in [-0.4, -0.2) is 167 Å². The lowest BCUT2D eigenvalue weighted by atomic mass is 10.0. The maximum Gasteiger partial charge on any atom is 0.326 e. The van der Waals surface area contributed by atoms with Gasteiger partial charge in [-0.2, -0.15) is 0 Å². The highest BCUT2D eigenvalue weighted by molar-refractivity contribution is 5.87. The van der Waals surface area contributed by atoms with E-state index in [1.165, 1.54) is 50.7 Å². The van der Waals surface area contributed by atoms with Crippen LogP contribution in [0.1, 0.15) is 140 Å². The number of hydrogen-bond donors (Lipinski definition) is 10. The van der Waals surface area contributed by atoms with Crippen molar-refractivity contribution in [3.05, 3.63) is 29.8 Å². The summed E-state index contributed by atoms with van der Waals surface area (Å²) in [5, 5.41) is 44.2. The minimum Gasteiger partial charge on any atom is -0.508 e. The molecule has 22 heteroatoms. The zero-order valence-electron chi connectivity index (χ0n) is 43.9. The first-order valence-corrected chi connectivity index (χ1v) is 26.6. The second-order valence-corrected chi connectivity index (χ2v) is 18.2. The normalized spacial score (nSPS) is 12.3. The molecule has 422 valence electrons. The number of carbonyl (C=O) groups is 8. The largest absolute Gasteiger partial charge is 0.508 e. The Morgan fingerprint density at radius 3 is 1.50 bits per heavy atom. The fraction of sp³-hybridized carbons (Fsp3) is 0.731. The Morgan fingerprint density at radius 2 is 1.00 bits per heavy atom. The molecule has 5 amide bonds. The number of carbonyl (C=O) groups excluding carboxylic acids is 6. The van der Waals surface area contributed by atoms with Crippen LogP contribution in [0.25, 0.3) is 0 Å². The number of ether oxygens (including phenoxy) is 4. The number of carboxylic acid groups (broad SMARTS) is 2. The van der Waals surface area contributed by atoms with Crippen molar-refractivity contribution in [3.8, 4) is 5.75 Å². The number of amides is 5. The van der Waals surface area contributed by atoms with Gasteiger partial charge in [0, 0.05) is 38.9 Å². The minimum atomic E-state index is -1.19. The van der Waals surface area contributed by atoms with Crippen LogP contribution in [0.2, 0.25) is 0 Å². The van der Waals surface area contributed by atoms with Gasteiger partial charge in [0.25, 0.3) is 0 Å². The van der Waals surface area contributed by atoms with Crippen LogP contribution in [0.5, 0.6) is 5.75 Å². The number of phenolic OH excluding ortho intramolecular Hbond substituents is 1. The molecule has 0 radical (unpaired) electrons. The summed E-state index contributed by atoms with van der Waals surface area (Å²) in [6.45, 7) is 1.61. The number of rotatable bonds is 51. The number of ketones is 1. The molecule has 0 bridgehead atoms. The van der Waals surface area contributed by atoms with Crippen molar-refractivity contribution in [2.45, 2.75) is 159 Å². The van der Waals surface area contributed by atoms with E-state index in [9.17, 15) is 48.6 Å². The molecule has 3 atom stereocenters. The zero-order valence-corrected chi connectivity index (χ0v) is 43.9. The first-order valence-electron chi connectivity index (χ1n) is 26.6. The van der Waals surface area contributed by atoms with Crippen molar-refractivity contribution in [1.29, 1.82) is 0 Å². The van der Waals surface area contributed by atoms with E-state index in [4.69, 9.17) is 29.8 Å². The van der Waals surface area contributed by atoms with Gasteiger partial charge in [0.05, 0.1) is 58.3 Å². The lowest BCUT2D eigenvalue weighted by Gasteiger charge is -2.19. The van der Waals surface area contributed by atoms with Crippen LogP contribution in [-0.2, 0) is 63.7 Å². The predicted octanol–water partition coefficient (Wildman–Crippen LogP) is 2.80. The number of primary amides is 1. The molecule has 0 spiro atoms. The molecule has 22 nitrogen and oxygen atoms in total. The number of nitrogens with two attached hydrogens (primary N) is 1. The van der Waals surface area contributed by atoms with E-state index in [-0.39, 0.29) is 140 Å². The molecule has 0 aromatic heterocycles. The Kier molecular flexibility index (Phi) is 40.7. The van der Waals surface area contributed by atoms with E-state index in [0.717, 1.165) is 50.5 Å². The fourth-order valence-electron chi connectivity index (χ4n) is 7.62. The molecule has 0 aliphatic rings. The quantitative estimate of drug-likeness (QED) is 0.0420. The number of carboxylic acids is 2. The monoisotopic (exact) mass is 1050 g/mol. The SMILES string of the molecule is CN[C@@H](CCCCNC(=O)COCCOCCNC(=O)COCCOCCNC(=O)CCC(NC(=O)CCCCCCCCCCCCCCCCC(=O)O)C(=O)O)C(=O)CN[C@H](Cc1ccc(O)cc1)C(N)=O. The van der Waals surface area contributed by atoms with E-state index < -0.39 is 36.0 Å². The van der Waals surface area contributed by atoms with Gasteiger partial charge >= 0.3 is 11.9 Å². The third-order valence-electron chi connectivity index (χ3n) is 11.9. The Bertz CT molecular complexity index is 1720. The number of aromatic hydroxyl groups is 1. The van der Waals surface area contributed by atoms with Gasteiger partial charge in [-0.3, -0.25) is 38.9 Å². The summed E-state index contributed by atoms with van der Waals surface area (Å²) >= 11 is 0. The molecule has 1 aromatic rings. The summed E-state index contributed by atoms with van der Waals surface area (Å²) in [5.41, 5.74) is 6.31. The Morgan fingerprint density at radius 1 is 0.514 bits per heavy atom. The molecule has 0 saturated carbocycles. The van der Waals surface area contributed by atoms with E-state index in [1.807, 2.05) is 0 Å². The van der Waals surface area contributed by atoms with Crippen molar-refractivity contribution in [2.24, 2.45) is 5.73 Å². The average Bonchev–Trinajstić information content (AvgIpc) is 3.36. The van der Waals surface area contributed by atoms with E-state index in [2.05, 4.69) is 31.9 Å². The van der Waals surface area contributed by atoms with Crippen LogP contribution >= 0.6 is 0 Å². The summed E-state index contributed by atoms with van der Waals surface area (Å²) in [6.07, 6.45) is 17.5. The highest BCUT2D eigenvalue weighted by Gasteiger charge is 2.22. The maximum atomic E-state index is 12.8. The molecule has 0 fully saturated rings. The van der Waals surface area contributed by atoms with Crippen molar-refractivity contribution >= 4 is 47.3 Å². The van der Waals surface area contributed by atoms with Gasteiger partial charge in [0.1, 0.15) is 25.0 Å². The van der Waals surface area contributed by atoms with Gasteiger partial charge in [-0.1, -0.05) is 89.2 Å². The highest BCUT2D eigenvalue weighted by atomic mass is 16.5. The third kappa shape index (κ3) is 39.2. The summed E-state index contributed by atoms with van der Waals surface area (Å²) in [7, 11) is 1.68. The molecule has 0 heterocycles. The zero-order chi connectivity index (χ0) is 54.4. The number of nitrogens with one attached hydrogen (secondary N) is 6. The first kappa shape index (κ1) is 66.8. The molecule has 0 aliphatic carbocycles. The number of Topliss-reactive ketones (excluding diaryl/α,β-unsaturated/α-hetero) is 1. The average molecular weight is 1050 g/mol. The topological polar surface area (TPSA) is 332 Å². The van der Waals surface area contributed by atoms with E-state index in [0.29, 0.717) is 32.2 Å². The van der Waals surface area contributed by atoms with Gasteiger partial charge in [-0.15, -0.1) is 0 Å². The van der Waals surface area contributed by atoms with Crippen LogP contribution in [0.4, 0.5) is 0 Å². The molecule has 0 saturated heterocycles. The number of aliphatic carboxylic acids is 2. The Balaban J connectivity index is 1.95. The smallest absolute Gasteiger partial charge is 0.326 e. The number of unbranched alkanes of at least 4 members (excludes halogenated alkanes) is 14. The van der Waals surface area contributed by atoms with Crippen LogP contribution in [0.15, 0.2) is 24.3 Å². The molecule has 1 unspecified atom stereocenters. The Hall–Kier alpha value is -5.26. The summed E-state index contributed by atoms with van der Waals surface area (Å²) < 4.78 is 21.5. The molecule has 1 aromatic carbocycles. The van der Waals surface area contributed by atoms with Crippen LogP contribution in [0, 0.1) is 0 Å². The van der Waals surface area contributed by atoms with Gasteiger partial charge in [0.2, 0.25) is 29.5 Å². The lowest BCUT2D eigenvalue weighted by molar-refractivity contribution is -0.142. The molecule has 74 heavy (non-hydrogen) atoms. The highest BCUT2D eigenvalue weighted by Crippen LogP contribution is 2.15. The summed E-state index contributed by atoms with van der Waals surface area (Å²) in [4.78, 5) is 95.7. The van der Waals surface area contributed by atoms with E-state index in [1.54, 1.807) is 19.2 Å². The number of benzene rings is 1. The Labute approximate surface area is 437 Å². The predicted molar refractivity (Wildman–Crippen MR) is 277 cm³/mol. The lowest BCUT2D eigenvalue weighted by Crippen LogP contribution is -2.48. The van der Waals surface area contributed by atoms with Crippen LogP contribution < -0.4 is 37.6 Å². The molecular formula is C52H89N7O15. The number of hydrogen-bond acceptors (Lipinski definition) is 15. The fourth-order valence-corrected chi connectivity index (χ4v) is 7.62.